The third-order valence-corrected chi connectivity index (χ3v) is 4.37. The van der Waals surface area contributed by atoms with Crippen molar-refractivity contribution in [3.05, 3.63) is 30.1 Å². The van der Waals surface area contributed by atoms with E-state index in [4.69, 9.17) is 25.7 Å². The average molecular weight is 501 g/mol. The Morgan fingerprint density at radius 1 is 0.886 bits per heavy atom. The van der Waals surface area contributed by atoms with Crippen LogP contribution >= 0.6 is 0 Å². The van der Waals surface area contributed by atoms with Gasteiger partial charge in [-0.3, -0.25) is 20.0 Å². The van der Waals surface area contributed by atoms with E-state index in [-0.39, 0.29) is 38.2 Å². The predicted octanol–water partition coefficient (Wildman–Crippen LogP) is 3.69. The Balaban J connectivity index is 0. The topological polar surface area (TPSA) is 147 Å². The number of hydrogen-bond acceptors (Lipinski definition) is 8. The summed E-state index contributed by atoms with van der Waals surface area (Å²) in [6.45, 7) is 6.08. The van der Waals surface area contributed by atoms with Crippen LogP contribution in [0.4, 0.5) is 0 Å². The second kappa shape index (κ2) is 28.1. The van der Waals surface area contributed by atoms with E-state index in [2.05, 4.69) is 25.8 Å². The lowest BCUT2D eigenvalue weighted by Gasteiger charge is -2.19. The van der Waals surface area contributed by atoms with E-state index in [9.17, 15) is 9.59 Å². The molecule has 0 fully saturated rings. The maximum Gasteiger partial charge on any atom is 0.273 e. The van der Waals surface area contributed by atoms with E-state index < -0.39 is 0 Å². The number of hydrazine groups is 1. The first kappa shape index (κ1) is 35.1. The van der Waals surface area contributed by atoms with Gasteiger partial charge in [0.15, 0.2) is 0 Å². The Bertz CT molecular complexity index is 585. The summed E-state index contributed by atoms with van der Waals surface area (Å²) in [5.74, 6) is 4.31. The number of aliphatic hydroxyl groups is 2. The molecule has 0 spiro atoms. The maximum atomic E-state index is 11.9. The SMILES string of the molecule is CCC.CCCCCCCCCCCC(=O)N(OCCO)OCCO.NNC(=O)c1ccncc1. The van der Waals surface area contributed by atoms with Gasteiger partial charge in [-0.1, -0.05) is 83.8 Å². The Labute approximate surface area is 211 Å². The van der Waals surface area contributed by atoms with Crippen LogP contribution in [-0.4, -0.2) is 58.7 Å². The Kier molecular flexibility index (Phi) is 28.2. The normalized spacial score (nSPS) is 9.89. The average Bonchev–Trinajstić information content (AvgIpc) is 2.88. The molecule has 10 heteroatoms. The van der Waals surface area contributed by atoms with Crippen molar-refractivity contribution in [3.8, 4) is 0 Å². The molecule has 5 N–H and O–H groups in total. The van der Waals surface area contributed by atoms with Crippen LogP contribution in [0.2, 0.25) is 0 Å². The van der Waals surface area contributed by atoms with E-state index in [1.165, 1.54) is 57.3 Å². The smallest absolute Gasteiger partial charge is 0.273 e. The van der Waals surface area contributed by atoms with Gasteiger partial charge in [0.25, 0.3) is 11.8 Å². The molecule has 0 aliphatic heterocycles. The van der Waals surface area contributed by atoms with Crippen molar-refractivity contribution in [1.29, 1.82) is 0 Å². The van der Waals surface area contributed by atoms with E-state index in [1.54, 1.807) is 12.1 Å². The number of rotatable bonds is 17. The number of hydrogen-bond donors (Lipinski definition) is 4. The van der Waals surface area contributed by atoms with Crippen LogP contribution in [0.1, 0.15) is 102 Å². The molecule has 0 bridgehead atoms. The monoisotopic (exact) mass is 500 g/mol. The quantitative estimate of drug-likeness (QED) is 0.110. The molecule has 1 aromatic heterocycles. The zero-order valence-electron chi connectivity index (χ0n) is 21.9. The number of pyridine rings is 1. The van der Waals surface area contributed by atoms with Crippen LogP contribution in [0.5, 0.6) is 0 Å². The molecule has 1 aromatic rings. The van der Waals surface area contributed by atoms with Crippen molar-refractivity contribution in [2.45, 2.75) is 91.4 Å². The Morgan fingerprint density at radius 3 is 1.77 bits per heavy atom. The minimum Gasteiger partial charge on any atom is -0.394 e. The maximum absolute atomic E-state index is 11.9. The molecule has 0 aliphatic rings. The lowest BCUT2D eigenvalue weighted by atomic mass is 10.1. The molecule has 0 aliphatic carbocycles. The van der Waals surface area contributed by atoms with Gasteiger partial charge in [0.2, 0.25) is 0 Å². The zero-order valence-corrected chi connectivity index (χ0v) is 21.9. The molecule has 204 valence electrons. The van der Waals surface area contributed by atoms with Gasteiger partial charge < -0.3 is 10.2 Å². The van der Waals surface area contributed by atoms with E-state index >= 15 is 0 Å². The number of unbranched alkanes of at least 4 members (excludes halogenated alkanes) is 8. The first-order valence-electron chi connectivity index (χ1n) is 12.7. The molecule has 0 unspecified atom stereocenters. The number of carbonyl (C=O) groups is 2. The molecule has 0 radical (unpaired) electrons. The molecule has 2 amide bonds. The van der Waals surface area contributed by atoms with Crippen LogP contribution in [0.15, 0.2) is 24.5 Å². The third kappa shape index (κ3) is 23.4. The minimum absolute atomic E-state index is 0.00503. The fraction of sp³-hybridized carbons (Fsp3) is 0.720. The second-order valence-corrected chi connectivity index (χ2v) is 7.76. The van der Waals surface area contributed by atoms with Gasteiger partial charge in [-0.05, 0) is 18.6 Å². The fourth-order valence-electron chi connectivity index (χ4n) is 2.69. The highest BCUT2D eigenvalue weighted by atomic mass is 17.0. The van der Waals surface area contributed by atoms with Gasteiger partial charge in [-0.25, -0.2) is 15.5 Å². The van der Waals surface area contributed by atoms with Crippen molar-refractivity contribution < 1.29 is 29.5 Å². The summed E-state index contributed by atoms with van der Waals surface area (Å²) in [5, 5.41) is 18.2. The number of amides is 2. The molecule has 0 saturated carbocycles. The molecule has 10 nitrogen and oxygen atoms in total. The molecule has 1 heterocycles. The van der Waals surface area contributed by atoms with Gasteiger partial charge in [-0.15, -0.1) is 0 Å². The predicted molar refractivity (Wildman–Crippen MR) is 137 cm³/mol. The minimum atomic E-state index is -0.303. The summed E-state index contributed by atoms with van der Waals surface area (Å²) in [6.07, 6.45) is 15.4. The van der Waals surface area contributed by atoms with Gasteiger partial charge >= 0.3 is 0 Å². The van der Waals surface area contributed by atoms with E-state index in [0.717, 1.165) is 24.5 Å². The summed E-state index contributed by atoms with van der Waals surface area (Å²) >= 11 is 0. The van der Waals surface area contributed by atoms with Crippen molar-refractivity contribution in [1.82, 2.24) is 15.6 Å². The number of carbonyl (C=O) groups excluding carboxylic acids is 2. The van der Waals surface area contributed by atoms with Gasteiger partial charge in [-0.2, -0.15) is 0 Å². The van der Waals surface area contributed by atoms with Crippen LogP contribution in [-0.2, 0) is 14.5 Å². The molecular formula is C25H48N4O6. The van der Waals surface area contributed by atoms with Crippen molar-refractivity contribution in [2.24, 2.45) is 5.84 Å². The zero-order chi connectivity index (χ0) is 26.6. The lowest BCUT2D eigenvalue weighted by molar-refractivity contribution is -0.345. The van der Waals surface area contributed by atoms with Crippen LogP contribution < -0.4 is 11.3 Å². The highest BCUT2D eigenvalue weighted by Crippen LogP contribution is 2.11. The van der Waals surface area contributed by atoms with Crippen molar-refractivity contribution >= 4 is 11.8 Å². The van der Waals surface area contributed by atoms with Crippen molar-refractivity contribution in [3.63, 3.8) is 0 Å². The molecule has 1 rings (SSSR count). The van der Waals surface area contributed by atoms with Gasteiger partial charge in [0.1, 0.15) is 13.2 Å². The summed E-state index contributed by atoms with van der Waals surface area (Å²) in [6, 6.07) is 3.17. The van der Waals surface area contributed by atoms with Crippen molar-refractivity contribution in [2.75, 3.05) is 26.4 Å². The molecule has 0 aromatic carbocycles. The third-order valence-electron chi connectivity index (χ3n) is 4.37. The summed E-state index contributed by atoms with van der Waals surface area (Å²) in [5.41, 5.74) is 2.53. The Morgan fingerprint density at radius 2 is 1.34 bits per heavy atom. The summed E-state index contributed by atoms with van der Waals surface area (Å²) in [7, 11) is 0. The number of aromatic nitrogens is 1. The molecular weight excluding hydrogens is 452 g/mol. The summed E-state index contributed by atoms with van der Waals surface area (Å²) in [4.78, 5) is 36.3. The number of nitrogen functional groups attached to an aromatic ring is 1. The summed E-state index contributed by atoms with van der Waals surface area (Å²) < 4.78 is 0. The number of nitrogens with two attached hydrogens (primary N) is 1. The number of aliphatic hydroxyl groups excluding tert-OH is 2. The first-order chi connectivity index (χ1) is 17.0. The first-order valence-corrected chi connectivity index (χ1v) is 12.7. The standard InChI is InChI=1S/C16H33NO5.C6H7N3O.C3H8/c1-2-3-4-5-6-7-8-9-10-11-16(20)17(21-14-12-18)22-15-13-19;7-9-6(10)5-1-3-8-4-2-5;1-3-2/h18-19H,2-15H2,1H3;1-4H,7H2,(H,9,10);3H2,1-2H3. The van der Waals surface area contributed by atoms with Crippen LogP contribution in [0, 0.1) is 0 Å². The van der Waals surface area contributed by atoms with Gasteiger partial charge in [0.05, 0.1) is 13.2 Å². The highest BCUT2D eigenvalue weighted by molar-refractivity contribution is 5.93. The molecule has 0 saturated heterocycles. The molecule has 0 atom stereocenters. The highest BCUT2D eigenvalue weighted by Gasteiger charge is 2.15. The fourth-order valence-corrected chi connectivity index (χ4v) is 2.69. The number of hydroxylamine groups is 2. The Hall–Kier alpha value is -2.11. The number of nitrogens with one attached hydrogen (secondary N) is 1. The van der Waals surface area contributed by atoms with Crippen LogP contribution in [0.3, 0.4) is 0 Å². The lowest BCUT2D eigenvalue weighted by Crippen LogP contribution is -2.33. The largest absolute Gasteiger partial charge is 0.394 e. The van der Waals surface area contributed by atoms with Gasteiger partial charge in [0, 0.05) is 24.4 Å². The molecule has 35 heavy (non-hydrogen) atoms. The number of nitrogens with zero attached hydrogens (tertiary/aromatic N) is 2. The van der Waals surface area contributed by atoms with E-state index in [0.29, 0.717) is 12.0 Å². The van der Waals surface area contributed by atoms with Crippen LogP contribution in [0.25, 0.3) is 0 Å². The second-order valence-electron chi connectivity index (χ2n) is 7.76. The van der Waals surface area contributed by atoms with E-state index in [1.807, 2.05) is 5.43 Å².